The van der Waals surface area contributed by atoms with Crippen LogP contribution in [0.25, 0.3) is 10.8 Å². The summed E-state index contributed by atoms with van der Waals surface area (Å²) in [5.41, 5.74) is 1.65. The summed E-state index contributed by atoms with van der Waals surface area (Å²) in [6.45, 7) is 0.956. The third-order valence-corrected chi connectivity index (χ3v) is 6.79. The number of nitrogens with one attached hydrogen (secondary N) is 1. The quantitative estimate of drug-likeness (QED) is 0.332. The van der Waals surface area contributed by atoms with Crippen LogP contribution in [0.2, 0.25) is 0 Å². The van der Waals surface area contributed by atoms with Crippen molar-refractivity contribution in [3.63, 3.8) is 0 Å². The number of carbonyl (C=O) groups is 1. The Morgan fingerprint density at radius 1 is 1.00 bits per heavy atom. The molecule has 4 rings (SSSR count). The largest absolute Gasteiger partial charge is 0.395 e. The number of ketones is 1. The second-order valence-corrected chi connectivity index (χ2v) is 8.73. The van der Waals surface area contributed by atoms with Gasteiger partial charge < -0.3 is 10.4 Å². The number of fused-ring (bicyclic) bond motifs is 1. The summed E-state index contributed by atoms with van der Waals surface area (Å²) < 4.78 is 13.0. The Balaban J connectivity index is 0.00000289. The summed E-state index contributed by atoms with van der Waals surface area (Å²) in [5.74, 6) is -0.265. The number of aliphatic hydroxyl groups is 1. The van der Waals surface area contributed by atoms with E-state index in [1.165, 1.54) is 28.5 Å². The van der Waals surface area contributed by atoms with Crippen LogP contribution in [0.3, 0.4) is 0 Å². The van der Waals surface area contributed by atoms with Gasteiger partial charge in [0.05, 0.1) is 6.61 Å². The van der Waals surface area contributed by atoms with E-state index in [4.69, 9.17) is 0 Å². The Morgan fingerprint density at radius 3 is 2.41 bits per heavy atom. The van der Waals surface area contributed by atoms with Crippen LogP contribution in [0.15, 0.2) is 66.7 Å². The molecule has 170 valence electrons. The molecule has 32 heavy (non-hydrogen) atoms. The van der Waals surface area contributed by atoms with Crippen LogP contribution in [0.4, 0.5) is 4.39 Å². The molecule has 1 aliphatic carbocycles. The number of Topliss-reactive ketones (excluding diaryl/α,β-unsaturated/α-hetero) is 1. The zero-order valence-corrected chi connectivity index (χ0v) is 19.0. The molecule has 0 amide bonds. The van der Waals surface area contributed by atoms with Crippen LogP contribution >= 0.6 is 12.4 Å². The molecule has 0 heterocycles. The molecular weight excluding hydrogens is 425 g/mol. The van der Waals surface area contributed by atoms with Gasteiger partial charge in [-0.25, -0.2) is 4.39 Å². The number of rotatable bonds is 8. The van der Waals surface area contributed by atoms with Gasteiger partial charge in [-0.15, -0.1) is 12.4 Å². The van der Waals surface area contributed by atoms with E-state index in [0.717, 1.165) is 38.6 Å². The molecule has 3 nitrogen and oxygen atoms in total. The van der Waals surface area contributed by atoms with E-state index in [0.29, 0.717) is 18.0 Å². The Bertz CT molecular complexity index is 1020. The number of benzene rings is 3. The van der Waals surface area contributed by atoms with Crippen molar-refractivity contribution >= 4 is 29.0 Å². The molecule has 1 saturated carbocycles. The first-order valence-electron chi connectivity index (χ1n) is 11.2. The second-order valence-electron chi connectivity index (χ2n) is 8.73. The first-order chi connectivity index (χ1) is 15.1. The molecule has 0 atom stereocenters. The third kappa shape index (κ3) is 5.37. The van der Waals surface area contributed by atoms with Gasteiger partial charge in [-0.3, -0.25) is 4.79 Å². The SMILES string of the molecule is Cl.O=C(CCCNC1CCC(CO)(c2cccc3ccccc23)CC1)c1ccc(F)cc1. The van der Waals surface area contributed by atoms with Gasteiger partial charge in [0.25, 0.3) is 0 Å². The Morgan fingerprint density at radius 2 is 1.69 bits per heavy atom. The highest BCUT2D eigenvalue weighted by Gasteiger charge is 2.37. The molecule has 0 unspecified atom stereocenters. The average Bonchev–Trinajstić information content (AvgIpc) is 2.82. The number of carbonyl (C=O) groups excluding carboxylic acids is 1. The zero-order valence-electron chi connectivity index (χ0n) is 18.2. The van der Waals surface area contributed by atoms with Crippen LogP contribution in [0.5, 0.6) is 0 Å². The maximum Gasteiger partial charge on any atom is 0.162 e. The number of hydrogen-bond acceptors (Lipinski definition) is 3. The van der Waals surface area contributed by atoms with Gasteiger partial charge in [0.2, 0.25) is 0 Å². The minimum absolute atomic E-state index is 0. The molecule has 5 heteroatoms. The molecule has 3 aromatic rings. The number of halogens is 2. The third-order valence-electron chi connectivity index (χ3n) is 6.79. The van der Waals surface area contributed by atoms with Crippen LogP contribution in [-0.4, -0.2) is 30.1 Å². The molecule has 1 aliphatic rings. The summed E-state index contributed by atoms with van der Waals surface area (Å²) in [5, 5.41) is 16.4. The van der Waals surface area contributed by atoms with Crippen molar-refractivity contribution < 1.29 is 14.3 Å². The molecule has 1 fully saturated rings. The van der Waals surface area contributed by atoms with Crippen molar-refractivity contribution in [2.24, 2.45) is 0 Å². The van der Waals surface area contributed by atoms with E-state index in [-0.39, 0.29) is 36.0 Å². The predicted octanol–water partition coefficient (Wildman–Crippen LogP) is 5.83. The van der Waals surface area contributed by atoms with Crippen molar-refractivity contribution in [3.05, 3.63) is 83.7 Å². The Labute approximate surface area is 195 Å². The fraction of sp³-hybridized carbons (Fsp3) is 0.370. The fourth-order valence-electron chi connectivity index (χ4n) is 4.91. The predicted molar refractivity (Wildman–Crippen MR) is 130 cm³/mol. The van der Waals surface area contributed by atoms with Crippen molar-refractivity contribution in [1.29, 1.82) is 0 Å². The molecule has 0 saturated heterocycles. The lowest BCUT2D eigenvalue weighted by Crippen LogP contribution is -2.42. The lowest BCUT2D eigenvalue weighted by molar-refractivity contribution is 0.0978. The normalized spacial score (nSPS) is 20.6. The van der Waals surface area contributed by atoms with E-state index < -0.39 is 0 Å². The van der Waals surface area contributed by atoms with Crippen LogP contribution < -0.4 is 5.32 Å². The minimum Gasteiger partial charge on any atom is -0.395 e. The maximum absolute atomic E-state index is 13.0. The lowest BCUT2D eigenvalue weighted by atomic mass is 9.67. The summed E-state index contributed by atoms with van der Waals surface area (Å²) >= 11 is 0. The van der Waals surface area contributed by atoms with E-state index in [9.17, 15) is 14.3 Å². The molecule has 2 N–H and O–H groups in total. The first-order valence-corrected chi connectivity index (χ1v) is 11.2. The van der Waals surface area contributed by atoms with Crippen LogP contribution in [0.1, 0.15) is 54.4 Å². The molecular formula is C27H31ClFNO2. The van der Waals surface area contributed by atoms with Gasteiger partial charge >= 0.3 is 0 Å². The fourth-order valence-corrected chi connectivity index (χ4v) is 4.91. The zero-order chi connectivity index (χ0) is 21.7. The van der Waals surface area contributed by atoms with Gasteiger partial charge in [-0.05, 0) is 79.3 Å². The summed E-state index contributed by atoms with van der Waals surface area (Å²) in [7, 11) is 0. The first kappa shape index (κ1) is 24.4. The second kappa shape index (κ2) is 11.0. The Hall–Kier alpha value is -2.27. The van der Waals surface area contributed by atoms with Crippen molar-refractivity contribution in [2.75, 3.05) is 13.2 Å². The Kier molecular flexibility index (Phi) is 8.41. The van der Waals surface area contributed by atoms with Crippen LogP contribution in [-0.2, 0) is 5.41 Å². The summed E-state index contributed by atoms with van der Waals surface area (Å²) in [4.78, 5) is 12.2. The van der Waals surface area contributed by atoms with Gasteiger partial charge in [0.1, 0.15) is 5.82 Å². The molecule has 3 aromatic carbocycles. The van der Waals surface area contributed by atoms with E-state index in [1.54, 1.807) is 12.1 Å². The van der Waals surface area contributed by atoms with E-state index >= 15 is 0 Å². The van der Waals surface area contributed by atoms with Crippen molar-refractivity contribution in [2.45, 2.75) is 50.0 Å². The van der Waals surface area contributed by atoms with Gasteiger partial charge in [0.15, 0.2) is 5.78 Å². The van der Waals surface area contributed by atoms with E-state index in [1.807, 2.05) is 0 Å². The van der Waals surface area contributed by atoms with Gasteiger partial charge in [-0.2, -0.15) is 0 Å². The summed E-state index contributed by atoms with van der Waals surface area (Å²) in [6, 6.07) is 21.0. The highest BCUT2D eigenvalue weighted by molar-refractivity contribution is 5.96. The molecule has 0 bridgehead atoms. The molecule has 0 aromatic heterocycles. The highest BCUT2D eigenvalue weighted by Crippen LogP contribution is 2.42. The van der Waals surface area contributed by atoms with Gasteiger partial charge in [-0.1, -0.05) is 42.5 Å². The topological polar surface area (TPSA) is 49.3 Å². The minimum atomic E-state index is -0.321. The summed E-state index contributed by atoms with van der Waals surface area (Å²) in [6.07, 6.45) is 5.14. The van der Waals surface area contributed by atoms with Crippen molar-refractivity contribution in [3.8, 4) is 0 Å². The number of hydrogen-bond donors (Lipinski definition) is 2. The average molecular weight is 456 g/mol. The maximum atomic E-state index is 13.0. The smallest absolute Gasteiger partial charge is 0.162 e. The lowest BCUT2D eigenvalue weighted by Gasteiger charge is -2.40. The molecule has 0 radical (unpaired) electrons. The van der Waals surface area contributed by atoms with E-state index in [2.05, 4.69) is 47.8 Å². The number of aliphatic hydroxyl groups excluding tert-OH is 1. The van der Waals surface area contributed by atoms with Gasteiger partial charge in [0, 0.05) is 23.4 Å². The standard InChI is InChI=1S/C27H30FNO2.ClH/c28-22-12-10-21(11-13-22)26(31)9-4-18-29-23-14-16-27(19-30,17-15-23)25-8-3-6-20-5-1-2-7-24(20)25;/h1-3,5-8,10-13,23,29-30H,4,9,14-19H2;1H. The van der Waals surface area contributed by atoms with Crippen LogP contribution in [0, 0.1) is 5.82 Å². The monoisotopic (exact) mass is 455 g/mol. The highest BCUT2D eigenvalue weighted by atomic mass is 35.5. The van der Waals surface area contributed by atoms with Crippen molar-refractivity contribution in [1.82, 2.24) is 5.32 Å². The molecule has 0 spiro atoms. The molecule has 0 aliphatic heterocycles.